The summed E-state index contributed by atoms with van der Waals surface area (Å²) in [6.45, 7) is 2.96. The normalized spacial score (nSPS) is 25.8. The highest BCUT2D eigenvalue weighted by molar-refractivity contribution is 5.84. The van der Waals surface area contributed by atoms with E-state index in [0.717, 1.165) is 64.4 Å². The molecular weight excluding hydrogens is 408 g/mol. The Morgan fingerprint density at radius 2 is 1.97 bits per heavy atom. The van der Waals surface area contributed by atoms with Crippen molar-refractivity contribution < 1.29 is 28.9 Å². The SMILES string of the molecule is CCCCCC(C=CC1CCC(=O)C1C(O)CCCCCC(=O)OC)OC1CCCCO1. The van der Waals surface area contributed by atoms with Gasteiger partial charge < -0.3 is 19.3 Å². The van der Waals surface area contributed by atoms with Gasteiger partial charge in [-0.05, 0) is 50.9 Å². The van der Waals surface area contributed by atoms with Crippen LogP contribution in [0.3, 0.4) is 0 Å². The van der Waals surface area contributed by atoms with Crippen molar-refractivity contribution in [1.82, 2.24) is 0 Å². The van der Waals surface area contributed by atoms with Crippen LogP contribution in [0.25, 0.3) is 0 Å². The van der Waals surface area contributed by atoms with Crippen molar-refractivity contribution in [1.29, 1.82) is 0 Å². The lowest BCUT2D eigenvalue weighted by Crippen LogP contribution is -2.29. The first-order valence-electron chi connectivity index (χ1n) is 12.8. The summed E-state index contributed by atoms with van der Waals surface area (Å²) in [5.74, 6) is -0.289. The molecule has 1 aliphatic heterocycles. The van der Waals surface area contributed by atoms with E-state index >= 15 is 0 Å². The van der Waals surface area contributed by atoms with Crippen molar-refractivity contribution in [3.8, 4) is 0 Å². The molecule has 1 saturated heterocycles. The number of allylic oxidation sites excluding steroid dienone is 1. The molecule has 2 aliphatic rings. The zero-order valence-corrected chi connectivity index (χ0v) is 20.1. The Morgan fingerprint density at radius 3 is 2.69 bits per heavy atom. The Kier molecular flexibility index (Phi) is 13.1. The Labute approximate surface area is 194 Å². The lowest BCUT2D eigenvalue weighted by molar-refractivity contribution is -0.179. The van der Waals surface area contributed by atoms with Crippen LogP contribution in [0.5, 0.6) is 0 Å². The maximum atomic E-state index is 12.5. The number of ketones is 1. The second-order valence-electron chi connectivity index (χ2n) is 9.29. The molecule has 0 aromatic heterocycles. The summed E-state index contributed by atoms with van der Waals surface area (Å²) < 4.78 is 16.7. The molecule has 0 aromatic rings. The number of Topliss-reactive ketones (excluding diaryl/α,β-unsaturated/α-hetero) is 1. The van der Waals surface area contributed by atoms with Crippen molar-refractivity contribution >= 4 is 11.8 Å². The van der Waals surface area contributed by atoms with Gasteiger partial charge in [0.05, 0.1) is 19.3 Å². The van der Waals surface area contributed by atoms with E-state index in [1.54, 1.807) is 0 Å². The van der Waals surface area contributed by atoms with Crippen molar-refractivity contribution in [2.24, 2.45) is 11.8 Å². The average molecular weight is 453 g/mol. The number of unbranched alkanes of at least 4 members (excludes halogenated alkanes) is 4. The first kappa shape index (κ1) is 27.0. The maximum Gasteiger partial charge on any atom is 0.305 e. The number of rotatable bonds is 15. The number of hydrogen-bond donors (Lipinski definition) is 1. The molecule has 6 heteroatoms. The van der Waals surface area contributed by atoms with Crippen LogP contribution in [0.15, 0.2) is 12.2 Å². The van der Waals surface area contributed by atoms with E-state index in [2.05, 4.69) is 23.8 Å². The number of aliphatic hydroxyl groups is 1. The Balaban J connectivity index is 1.86. The molecule has 0 amide bonds. The van der Waals surface area contributed by atoms with E-state index in [1.807, 2.05) is 0 Å². The second-order valence-corrected chi connectivity index (χ2v) is 9.29. The molecule has 2 fully saturated rings. The van der Waals surface area contributed by atoms with Crippen LogP contribution in [0.4, 0.5) is 0 Å². The van der Waals surface area contributed by atoms with E-state index < -0.39 is 6.10 Å². The van der Waals surface area contributed by atoms with Crippen molar-refractivity contribution in [2.75, 3.05) is 13.7 Å². The summed E-state index contributed by atoms with van der Waals surface area (Å²) in [5, 5.41) is 10.7. The molecule has 5 unspecified atom stereocenters. The fraction of sp³-hybridized carbons (Fsp3) is 0.846. The van der Waals surface area contributed by atoms with Gasteiger partial charge in [-0.3, -0.25) is 9.59 Å². The Bertz CT molecular complexity index is 569. The van der Waals surface area contributed by atoms with Crippen LogP contribution >= 0.6 is 0 Å². The van der Waals surface area contributed by atoms with Crippen molar-refractivity contribution in [2.45, 2.75) is 115 Å². The molecule has 2 rings (SSSR count). The minimum atomic E-state index is -0.626. The number of aliphatic hydroxyl groups excluding tert-OH is 1. The van der Waals surface area contributed by atoms with Gasteiger partial charge in [-0.1, -0.05) is 51.2 Å². The molecular formula is C26H44O6. The highest BCUT2D eigenvalue weighted by Gasteiger charge is 2.38. The first-order valence-corrected chi connectivity index (χ1v) is 12.8. The largest absolute Gasteiger partial charge is 0.469 e. The predicted octanol–water partition coefficient (Wildman–Crippen LogP) is 5.11. The van der Waals surface area contributed by atoms with Crippen LogP contribution in [-0.4, -0.2) is 49.1 Å². The molecule has 32 heavy (non-hydrogen) atoms. The maximum absolute atomic E-state index is 12.5. The topological polar surface area (TPSA) is 82.1 Å². The Hall–Kier alpha value is -1.24. The standard InChI is InChI=1S/C26H44O6/c1-3-4-6-11-21(32-25-14-9-10-19-31-25)17-15-20-16-18-23(28)26(20)22(27)12-7-5-8-13-24(29)30-2/h15,17,20-22,25-27H,3-14,16,18-19H2,1-2H3. The van der Waals surface area contributed by atoms with E-state index in [4.69, 9.17) is 9.47 Å². The molecule has 0 spiro atoms. The van der Waals surface area contributed by atoms with Crippen LogP contribution in [0.1, 0.15) is 96.8 Å². The Morgan fingerprint density at radius 1 is 1.16 bits per heavy atom. The molecule has 0 bridgehead atoms. The number of methoxy groups -OCH3 is 1. The van der Waals surface area contributed by atoms with E-state index in [1.165, 1.54) is 20.0 Å². The molecule has 0 radical (unpaired) electrons. The number of ether oxygens (including phenoxy) is 3. The van der Waals surface area contributed by atoms with Gasteiger partial charge in [0.1, 0.15) is 5.78 Å². The quantitative estimate of drug-likeness (QED) is 0.211. The van der Waals surface area contributed by atoms with Crippen LogP contribution in [0, 0.1) is 11.8 Å². The van der Waals surface area contributed by atoms with Gasteiger partial charge in [-0.2, -0.15) is 0 Å². The predicted molar refractivity (Wildman–Crippen MR) is 124 cm³/mol. The summed E-state index contributed by atoms with van der Waals surface area (Å²) in [6, 6.07) is 0. The summed E-state index contributed by atoms with van der Waals surface area (Å²) in [6.07, 6.45) is 15.8. The zero-order valence-electron chi connectivity index (χ0n) is 20.1. The van der Waals surface area contributed by atoms with Gasteiger partial charge in [0.2, 0.25) is 0 Å². The van der Waals surface area contributed by atoms with Gasteiger partial charge in [0, 0.05) is 25.4 Å². The molecule has 6 nitrogen and oxygen atoms in total. The van der Waals surface area contributed by atoms with Crippen LogP contribution < -0.4 is 0 Å². The van der Waals surface area contributed by atoms with Gasteiger partial charge >= 0.3 is 5.97 Å². The van der Waals surface area contributed by atoms with Crippen molar-refractivity contribution in [3.05, 3.63) is 12.2 Å². The van der Waals surface area contributed by atoms with Crippen LogP contribution in [-0.2, 0) is 23.8 Å². The highest BCUT2D eigenvalue weighted by atomic mass is 16.7. The molecule has 1 heterocycles. The van der Waals surface area contributed by atoms with Gasteiger partial charge in [0.15, 0.2) is 6.29 Å². The average Bonchev–Trinajstić information content (AvgIpc) is 3.17. The molecule has 1 saturated carbocycles. The third-order valence-electron chi connectivity index (χ3n) is 6.71. The lowest BCUT2D eigenvalue weighted by atomic mass is 9.86. The molecule has 184 valence electrons. The number of hydrogen-bond acceptors (Lipinski definition) is 6. The van der Waals surface area contributed by atoms with E-state index in [-0.39, 0.29) is 36.0 Å². The fourth-order valence-electron chi connectivity index (χ4n) is 4.78. The zero-order chi connectivity index (χ0) is 23.2. The molecule has 5 atom stereocenters. The summed E-state index contributed by atoms with van der Waals surface area (Å²) in [4.78, 5) is 23.7. The van der Waals surface area contributed by atoms with Gasteiger partial charge in [-0.25, -0.2) is 0 Å². The third kappa shape index (κ3) is 9.72. The number of esters is 1. The third-order valence-corrected chi connectivity index (χ3v) is 6.71. The molecule has 1 aliphatic carbocycles. The fourth-order valence-corrected chi connectivity index (χ4v) is 4.78. The lowest BCUT2D eigenvalue weighted by Gasteiger charge is -2.27. The van der Waals surface area contributed by atoms with E-state index in [9.17, 15) is 14.7 Å². The summed E-state index contributed by atoms with van der Waals surface area (Å²) >= 11 is 0. The highest BCUT2D eigenvalue weighted by Crippen LogP contribution is 2.34. The van der Waals surface area contributed by atoms with E-state index in [0.29, 0.717) is 19.3 Å². The van der Waals surface area contributed by atoms with Gasteiger partial charge in [0.25, 0.3) is 0 Å². The minimum absolute atomic E-state index is 0.00327. The second kappa shape index (κ2) is 15.6. The summed E-state index contributed by atoms with van der Waals surface area (Å²) in [5.41, 5.74) is 0. The van der Waals surface area contributed by atoms with Crippen LogP contribution in [0.2, 0.25) is 0 Å². The van der Waals surface area contributed by atoms with Crippen molar-refractivity contribution in [3.63, 3.8) is 0 Å². The summed E-state index contributed by atoms with van der Waals surface area (Å²) in [7, 11) is 1.40. The molecule has 0 aromatic carbocycles. The molecule has 1 N–H and O–H groups in total. The first-order chi connectivity index (χ1) is 15.5. The monoisotopic (exact) mass is 452 g/mol. The smallest absolute Gasteiger partial charge is 0.305 e. The number of carbonyl (C=O) groups excluding carboxylic acids is 2. The van der Waals surface area contributed by atoms with Gasteiger partial charge in [-0.15, -0.1) is 0 Å². The number of carbonyl (C=O) groups is 2. The minimum Gasteiger partial charge on any atom is -0.469 e.